The number of rotatable bonds is 2. The molecule has 2 aliphatic carbocycles. The minimum Gasteiger partial charge on any atom is -0.458 e. The zero-order chi connectivity index (χ0) is 34.4. The first-order valence-electron chi connectivity index (χ1n) is 19.1. The van der Waals surface area contributed by atoms with E-state index in [9.17, 15) is 0 Å². The van der Waals surface area contributed by atoms with Crippen LogP contribution in [-0.2, 0) is 36.5 Å². The van der Waals surface area contributed by atoms with Crippen LogP contribution in [-0.4, -0.2) is 15.8 Å². The van der Waals surface area contributed by atoms with E-state index in [1.165, 1.54) is 102 Å². The summed E-state index contributed by atoms with van der Waals surface area (Å²) in [5.74, 6) is 2.00. The maximum atomic E-state index is 7.10. The van der Waals surface area contributed by atoms with Gasteiger partial charge in [0.2, 0.25) is 0 Å². The Hall–Kier alpha value is -4.96. The Morgan fingerprint density at radius 1 is 0.608 bits per heavy atom. The van der Waals surface area contributed by atoms with Gasteiger partial charge in [0, 0.05) is 45.0 Å². The van der Waals surface area contributed by atoms with Crippen molar-refractivity contribution in [2.75, 3.05) is 0 Å². The molecule has 0 atom stereocenters. The minimum absolute atomic E-state index is 0.0140. The normalized spacial score (nSPS) is 16.5. The molecule has 2 aromatic heterocycles. The lowest BCUT2D eigenvalue weighted by molar-refractivity contribution is 0.479. The Morgan fingerprint density at radius 2 is 1.20 bits per heavy atom. The number of para-hydroxylation sites is 2. The Bertz CT molecular complexity index is 2640. The van der Waals surface area contributed by atoms with Crippen molar-refractivity contribution >= 4 is 44.9 Å². The molecule has 51 heavy (non-hydrogen) atoms. The van der Waals surface area contributed by atoms with Crippen LogP contribution < -0.4 is 21.1 Å². The summed E-state index contributed by atoms with van der Waals surface area (Å²) in [6.07, 6.45) is 7.06. The fourth-order valence-electron chi connectivity index (χ4n) is 10.4. The van der Waals surface area contributed by atoms with E-state index < -0.39 is 0 Å². The average molecular weight is 663 g/mol. The van der Waals surface area contributed by atoms with Gasteiger partial charge in [-0.15, -0.1) is 0 Å². The van der Waals surface area contributed by atoms with Crippen molar-refractivity contribution in [3.05, 3.63) is 136 Å². The van der Waals surface area contributed by atoms with Crippen LogP contribution >= 0.6 is 0 Å². The largest absolute Gasteiger partial charge is 0.458 e. The molecule has 5 aromatic carbocycles. The van der Waals surface area contributed by atoms with Crippen LogP contribution in [0.15, 0.2) is 97.1 Å². The second-order valence-corrected chi connectivity index (χ2v) is 17.1. The molecule has 0 bridgehead atoms. The molecule has 0 saturated carbocycles. The predicted octanol–water partition coefficient (Wildman–Crippen LogP) is 9.11. The molecule has 0 unspecified atom stereocenters. The Labute approximate surface area is 301 Å². The Kier molecular flexibility index (Phi) is 5.89. The summed E-state index contributed by atoms with van der Waals surface area (Å²) in [5, 5.41) is 2.82. The SMILES string of the molecule is CC(C)(C)c1cc2c3c(c1)C(C)(C)c1cc(-n4c5c(c6ccccc64)CCC5)ccc1B3c1ccc(-n3c4c(c5ccccc53)CCC4)cc1O2. The molecule has 7 aromatic rings. The van der Waals surface area contributed by atoms with Crippen LogP contribution in [0.25, 0.3) is 33.2 Å². The van der Waals surface area contributed by atoms with Crippen molar-refractivity contribution < 1.29 is 4.74 Å². The number of aryl methyl sites for hydroxylation is 2. The highest BCUT2D eigenvalue weighted by molar-refractivity contribution is 6.98. The summed E-state index contributed by atoms with van der Waals surface area (Å²) in [5.41, 5.74) is 19.1. The van der Waals surface area contributed by atoms with Gasteiger partial charge in [-0.1, -0.05) is 94.7 Å². The smallest absolute Gasteiger partial charge is 0.251 e. The van der Waals surface area contributed by atoms with Crippen molar-refractivity contribution in [1.29, 1.82) is 0 Å². The Morgan fingerprint density at radius 3 is 1.82 bits per heavy atom. The number of benzene rings is 5. The molecule has 0 N–H and O–H groups in total. The van der Waals surface area contributed by atoms with Gasteiger partial charge in [0.15, 0.2) is 0 Å². The van der Waals surface area contributed by atoms with Crippen molar-refractivity contribution in [3.8, 4) is 22.9 Å². The van der Waals surface area contributed by atoms with Gasteiger partial charge in [0.25, 0.3) is 6.71 Å². The van der Waals surface area contributed by atoms with E-state index in [1.54, 1.807) is 5.56 Å². The first-order chi connectivity index (χ1) is 24.7. The van der Waals surface area contributed by atoms with Crippen LogP contribution in [0.2, 0.25) is 0 Å². The number of nitrogens with zero attached hydrogens (tertiary/aromatic N) is 2. The monoisotopic (exact) mass is 662 g/mol. The first kappa shape index (κ1) is 29.7. The molecule has 250 valence electrons. The van der Waals surface area contributed by atoms with E-state index >= 15 is 0 Å². The number of hydrogen-bond acceptors (Lipinski definition) is 1. The van der Waals surface area contributed by atoms with E-state index in [0.29, 0.717) is 0 Å². The average Bonchev–Trinajstić information content (AvgIpc) is 3.91. The van der Waals surface area contributed by atoms with Crippen molar-refractivity contribution in [3.63, 3.8) is 0 Å². The van der Waals surface area contributed by atoms with Gasteiger partial charge in [-0.3, -0.25) is 0 Å². The standard InChI is InChI=1S/C47H43BN2O/c1-46(2,3)28-24-36-45-44(25-28)51-43-27-30(50-40-17-9-7-13-32(40)34-15-11-19-42(34)50)21-23-38(43)48(45)37-22-20-29(26-35(37)47(36,4)5)49-39-16-8-6-12-31(39)33-14-10-18-41(33)49/h6-9,12-13,16-17,20-27H,10-11,14-15,18-19H2,1-5H3. The van der Waals surface area contributed by atoms with Crippen molar-refractivity contribution in [2.45, 2.75) is 84.0 Å². The minimum atomic E-state index is -0.204. The van der Waals surface area contributed by atoms with E-state index in [2.05, 4.69) is 141 Å². The molecular weight excluding hydrogens is 619 g/mol. The third kappa shape index (κ3) is 3.97. The number of ether oxygens (including phenoxy) is 1. The lowest BCUT2D eigenvalue weighted by Gasteiger charge is -2.43. The zero-order valence-electron chi connectivity index (χ0n) is 30.4. The molecule has 0 radical (unpaired) electrons. The quantitative estimate of drug-likeness (QED) is 0.169. The molecule has 4 heteroatoms. The maximum absolute atomic E-state index is 7.10. The molecule has 0 fully saturated rings. The van der Waals surface area contributed by atoms with Crippen LogP contribution in [0.3, 0.4) is 0 Å². The Balaban J connectivity index is 1.14. The lowest BCUT2D eigenvalue weighted by Crippen LogP contribution is -2.62. The second-order valence-electron chi connectivity index (χ2n) is 17.1. The molecule has 2 aliphatic heterocycles. The third-order valence-electron chi connectivity index (χ3n) is 12.9. The summed E-state index contributed by atoms with van der Waals surface area (Å²) in [4.78, 5) is 0. The van der Waals surface area contributed by atoms with E-state index in [1.807, 2.05) is 0 Å². The van der Waals surface area contributed by atoms with Crippen LogP contribution in [0.5, 0.6) is 11.5 Å². The van der Waals surface area contributed by atoms with Crippen LogP contribution in [0.1, 0.15) is 86.7 Å². The van der Waals surface area contributed by atoms with Gasteiger partial charge in [0.05, 0.1) is 11.0 Å². The van der Waals surface area contributed by atoms with E-state index in [4.69, 9.17) is 4.74 Å². The molecule has 0 amide bonds. The molecule has 4 aliphatic rings. The maximum Gasteiger partial charge on any atom is 0.251 e. The predicted molar refractivity (Wildman–Crippen MR) is 213 cm³/mol. The lowest BCUT2D eigenvalue weighted by atomic mass is 9.30. The summed E-state index contributed by atoms with van der Waals surface area (Å²) < 4.78 is 12.2. The summed E-state index contributed by atoms with van der Waals surface area (Å²) in [7, 11) is 0. The fourth-order valence-corrected chi connectivity index (χ4v) is 10.4. The van der Waals surface area contributed by atoms with Gasteiger partial charge >= 0.3 is 0 Å². The van der Waals surface area contributed by atoms with E-state index in [0.717, 1.165) is 30.8 Å². The van der Waals surface area contributed by atoms with Crippen molar-refractivity contribution in [1.82, 2.24) is 9.13 Å². The van der Waals surface area contributed by atoms with Gasteiger partial charge in [-0.05, 0) is 119 Å². The topological polar surface area (TPSA) is 19.1 Å². The zero-order valence-corrected chi connectivity index (χ0v) is 30.4. The van der Waals surface area contributed by atoms with Crippen LogP contribution in [0, 0.1) is 0 Å². The second kappa shape index (κ2) is 10.1. The molecule has 4 heterocycles. The highest BCUT2D eigenvalue weighted by atomic mass is 16.5. The molecule has 0 spiro atoms. The number of fused-ring (bicyclic) bond motifs is 10. The van der Waals surface area contributed by atoms with Gasteiger partial charge in [-0.2, -0.15) is 0 Å². The summed E-state index contributed by atoms with van der Waals surface area (Å²) >= 11 is 0. The first-order valence-corrected chi connectivity index (χ1v) is 19.1. The van der Waals surface area contributed by atoms with Gasteiger partial charge < -0.3 is 13.9 Å². The van der Waals surface area contributed by atoms with Gasteiger partial charge in [0.1, 0.15) is 11.5 Å². The molecule has 0 saturated heterocycles. The highest BCUT2D eigenvalue weighted by Gasteiger charge is 2.46. The summed E-state index contributed by atoms with van der Waals surface area (Å²) in [6, 6.07) is 37.2. The van der Waals surface area contributed by atoms with Crippen molar-refractivity contribution in [2.24, 2.45) is 0 Å². The molecule has 3 nitrogen and oxygen atoms in total. The number of hydrogen-bond donors (Lipinski definition) is 0. The van der Waals surface area contributed by atoms with Gasteiger partial charge in [-0.25, -0.2) is 0 Å². The van der Waals surface area contributed by atoms with E-state index in [-0.39, 0.29) is 17.5 Å². The number of aromatic nitrogens is 2. The van der Waals surface area contributed by atoms with Crippen LogP contribution in [0.4, 0.5) is 0 Å². The summed E-state index contributed by atoms with van der Waals surface area (Å²) in [6.45, 7) is 11.9. The molecular formula is C47H43BN2O. The fraction of sp³-hybridized carbons (Fsp3) is 0.277. The third-order valence-corrected chi connectivity index (χ3v) is 12.9. The molecule has 11 rings (SSSR count). The highest BCUT2D eigenvalue weighted by Crippen LogP contribution is 2.44.